The van der Waals surface area contributed by atoms with Gasteiger partial charge in [-0.15, -0.1) is 5.10 Å². The zero-order valence-electron chi connectivity index (χ0n) is 16.0. The van der Waals surface area contributed by atoms with Gasteiger partial charge in [0.2, 0.25) is 0 Å². The van der Waals surface area contributed by atoms with E-state index in [2.05, 4.69) is 16.4 Å². The van der Waals surface area contributed by atoms with Gasteiger partial charge in [-0.3, -0.25) is 4.79 Å². The van der Waals surface area contributed by atoms with Crippen LogP contribution in [0.2, 0.25) is 0 Å². The first-order valence-corrected chi connectivity index (χ1v) is 10.1. The van der Waals surface area contributed by atoms with Crippen molar-refractivity contribution in [2.45, 2.75) is 63.5 Å². The number of amides is 1. The zero-order valence-corrected chi connectivity index (χ0v) is 16.0. The van der Waals surface area contributed by atoms with Crippen LogP contribution < -0.4 is 4.74 Å². The maximum Gasteiger partial charge on any atom is 0.276 e. The SMILES string of the molecule is COc1cccc([C@@H]2CCCN2C(=O)c2cn(C3CCCCCC3)nn2)c1. The van der Waals surface area contributed by atoms with Gasteiger partial charge >= 0.3 is 0 Å². The van der Waals surface area contributed by atoms with Gasteiger partial charge in [-0.2, -0.15) is 0 Å². The summed E-state index contributed by atoms with van der Waals surface area (Å²) in [5.41, 5.74) is 1.59. The van der Waals surface area contributed by atoms with Crippen molar-refractivity contribution in [3.63, 3.8) is 0 Å². The molecular weight excluding hydrogens is 340 g/mol. The molecule has 2 aromatic rings. The van der Waals surface area contributed by atoms with E-state index in [1.54, 1.807) is 7.11 Å². The number of carbonyl (C=O) groups is 1. The first kappa shape index (κ1) is 18.0. The van der Waals surface area contributed by atoms with E-state index in [1.165, 1.54) is 25.7 Å². The number of nitrogens with zero attached hydrogens (tertiary/aromatic N) is 4. The van der Waals surface area contributed by atoms with Crippen molar-refractivity contribution in [1.29, 1.82) is 0 Å². The Hall–Kier alpha value is -2.37. The van der Waals surface area contributed by atoms with E-state index in [0.717, 1.165) is 43.5 Å². The number of methoxy groups -OCH3 is 1. The van der Waals surface area contributed by atoms with Crippen LogP contribution in [0, 0.1) is 0 Å². The highest BCUT2D eigenvalue weighted by Gasteiger charge is 2.32. The van der Waals surface area contributed by atoms with Crippen molar-refractivity contribution in [3.05, 3.63) is 41.7 Å². The number of likely N-dealkylation sites (tertiary alicyclic amines) is 1. The maximum atomic E-state index is 13.1. The van der Waals surface area contributed by atoms with Gasteiger partial charge in [0.25, 0.3) is 5.91 Å². The van der Waals surface area contributed by atoms with E-state index in [0.29, 0.717) is 11.7 Å². The lowest BCUT2D eigenvalue weighted by molar-refractivity contribution is 0.0729. The lowest BCUT2D eigenvalue weighted by Gasteiger charge is -2.24. The van der Waals surface area contributed by atoms with E-state index >= 15 is 0 Å². The topological polar surface area (TPSA) is 60.2 Å². The first-order valence-electron chi connectivity index (χ1n) is 10.1. The molecule has 0 radical (unpaired) electrons. The van der Waals surface area contributed by atoms with E-state index in [9.17, 15) is 4.79 Å². The number of carbonyl (C=O) groups excluding carboxylic acids is 1. The van der Waals surface area contributed by atoms with Crippen molar-refractivity contribution < 1.29 is 9.53 Å². The highest BCUT2D eigenvalue weighted by molar-refractivity contribution is 5.92. The summed E-state index contributed by atoms with van der Waals surface area (Å²) in [7, 11) is 1.67. The molecule has 27 heavy (non-hydrogen) atoms. The number of hydrogen-bond acceptors (Lipinski definition) is 4. The van der Waals surface area contributed by atoms with Crippen LogP contribution in [0.3, 0.4) is 0 Å². The van der Waals surface area contributed by atoms with E-state index in [-0.39, 0.29) is 11.9 Å². The third kappa shape index (κ3) is 3.84. The molecule has 0 unspecified atom stereocenters. The van der Waals surface area contributed by atoms with Crippen LogP contribution in [0.4, 0.5) is 0 Å². The van der Waals surface area contributed by atoms with Crippen molar-refractivity contribution in [2.75, 3.05) is 13.7 Å². The van der Waals surface area contributed by atoms with Crippen molar-refractivity contribution >= 4 is 5.91 Å². The van der Waals surface area contributed by atoms with E-state index in [4.69, 9.17) is 4.74 Å². The van der Waals surface area contributed by atoms with Gasteiger partial charge in [0.1, 0.15) is 5.75 Å². The number of rotatable bonds is 4. The van der Waals surface area contributed by atoms with Crippen LogP contribution in [-0.2, 0) is 0 Å². The Kier molecular flexibility index (Phi) is 5.41. The highest BCUT2D eigenvalue weighted by Crippen LogP contribution is 2.34. The average molecular weight is 368 g/mol. The minimum Gasteiger partial charge on any atom is -0.497 e. The van der Waals surface area contributed by atoms with Gasteiger partial charge in [-0.25, -0.2) is 4.68 Å². The Bertz CT molecular complexity index is 780. The summed E-state index contributed by atoms with van der Waals surface area (Å²) in [6.45, 7) is 0.761. The van der Waals surface area contributed by atoms with Gasteiger partial charge in [-0.05, 0) is 43.4 Å². The lowest BCUT2D eigenvalue weighted by Crippen LogP contribution is -2.30. The molecule has 6 heteroatoms. The molecule has 0 spiro atoms. The van der Waals surface area contributed by atoms with Gasteiger partial charge in [0.15, 0.2) is 5.69 Å². The Labute approximate surface area is 160 Å². The highest BCUT2D eigenvalue weighted by atomic mass is 16.5. The van der Waals surface area contributed by atoms with Crippen LogP contribution in [-0.4, -0.2) is 39.5 Å². The second kappa shape index (κ2) is 8.11. The number of hydrogen-bond donors (Lipinski definition) is 0. The summed E-state index contributed by atoms with van der Waals surface area (Å²) < 4.78 is 7.27. The summed E-state index contributed by atoms with van der Waals surface area (Å²) in [5, 5.41) is 8.52. The van der Waals surface area contributed by atoms with Crippen LogP contribution in [0.15, 0.2) is 30.5 Å². The molecule has 0 bridgehead atoms. The van der Waals surface area contributed by atoms with Gasteiger partial charge < -0.3 is 9.64 Å². The largest absolute Gasteiger partial charge is 0.497 e. The third-order valence-corrected chi connectivity index (χ3v) is 5.92. The molecule has 2 aliphatic rings. The molecule has 2 fully saturated rings. The molecular formula is C21H28N4O2. The minimum absolute atomic E-state index is 0.0137. The lowest BCUT2D eigenvalue weighted by atomic mass is 10.0. The first-order chi connectivity index (χ1) is 13.3. The Morgan fingerprint density at radius 2 is 1.93 bits per heavy atom. The molecule has 1 aromatic heterocycles. The quantitative estimate of drug-likeness (QED) is 0.760. The van der Waals surface area contributed by atoms with Gasteiger partial charge in [-0.1, -0.05) is 43.0 Å². The van der Waals surface area contributed by atoms with E-state index in [1.807, 2.05) is 34.0 Å². The van der Waals surface area contributed by atoms with Gasteiger partial charge in [0.05, 0.1) is 25.4 Å². The summed E-state index contributed by atoms with van der Waals surface area (Å²) in [5.74, 6) is 0.811. The monoisotopic (exact) mass is 368 g/mol. The van der Waals surface area contributed by atoms with Crippen LogP contribution in [0.5, 0.6) is 5.75 Å². The predicted molar refractivity (Wildman–Crippen MR) is 103 cm³/mol. The Morgan fingerprint density at radius 1 is 1.11 bits per heavy atom. The molecule has 144 valence electrons. The standard InChI is InChI=1S/C21H28N4O2/c1-27-18-11-6-8-16(14-18)20-12-7-13-24(20)21(26)19-15-25(23-22-19)17-9-4-2-3-5-10-17/h6,8,11,14-15,17,20H,2-5,7,9-10,12-13H2,1H3/t20-/m0/s1. The summed E-state index contributed by atoms with van der Waals surface area (Å²) >= 11 is 0. The average Bonchev–Trinajstić information content (AvgIpc) is 3.32. The molecule has 1 amide bonds. The molecule has 1 aromatic carbocycles. The summed E-state index contributed by atoms with van der Waals surface area (Å²) in [6.07, 6.45) is 11.2. The maximum absolute atomic E-state index is 13.1. The molecule has 2 heterocycles. The molecule has 1 aliphatic heterocycles. The molecule has 6 nitrogen and oxygen atoms in total. The molecule has 4 rings (SSSR count). The second-order valence-electron chi connectivity index (χ2n) is 7.66. The summed E-state index contributed by atoms with van der Waals surface area (Å²) in [6, 6.07) is 8.48. The second-order valence-corrected chi connectivity index (χ2v) is 7.66. The van der Waals surface area contributed by atoms with Crippen LogP contribution >= 0.6 is 0 Å². The number of ether oxygens (including phenoxy) is 1. The van der Waals surface area contributed by atoms with Crippen molar-refractivity contribution in [2.24, 2.45) is 0 Å². The van der Waals surface area contributed by atoms with Gasteiger partial charge in [0, 0.05) is 6.54 Å². The molecule has 0 N–H and O–H groups in total. The molecule has 1 saturated carbocycles. The molecule has 1 aliphatic carbocycles. The van der Waals surface area contributed by atoms with Crippen LogP contribution in [0.25, 0.3) is 0 Å². The summed E-state index contributed by atoms with van der Waals surface area (Å²) in [4.78, 5) is 15.1. The fourth-order valence-electron chi connectivity index (χ4n) is 4.43. The predicted octanol–water partition coefficient (Wildman–Crippen LogP) is 4.16. The zero-order chi connectivity index (χ0) is 18.6. The van der Waals surface area contributed by atoms with Crippen molar-refractivity contribution in [3.8, 4) is 5.75 Å². The smallest absolute Gasteiger partial charge is 0.276 e. The van der Waals surface area contributed by atoms with E-state index < -0.39 is 0 Å². The van der Waals surface area contributed by atoms with Crippen molar-refractivity contribution in [1.82, 2.24) is 19.9 Å². The minimum atomic E-state index is -0.0137. The number of benzene rings is 1. The fraction of sp³-hybridized carbons (Fsp3) is 0.571. The fourth-order valence-corrected chi connectivity index (χ4v) is 4.43. The third-order valence-electron chi connectivity index (χ3n) is 5.92. The number of aromatic nitrogens is 3. The molecule has 1 atom stereocenters. The normalized spacial score (nSPS) is 21.2. The Balaban J connectivity index is 1.51. The molecule has 1 saturated heterocycles. The Morgan fingerprint density at radius 3 is 2.70 bits per heavy atom. The van der Waals surface area contributed by atoms with Crippen LogP contribution in [0.1, 0.15) is 79.5 Å².